The van der Waals surface area contributed by atoms with Crippen molar-refractivity contribution in [2.24, 2.45) is 0 Å². The zero-order valence-electron chi connectivity index (χ0n) is 12.8. The van der Waals surface area contributed by atoms with Gasteiger partial charge < -0.3 is 9.15 Å². The Morgan fingerprint density at radius 2 is 2.09 bits per heavy atom. The molecule has 0 bridgehead atoms. The maximum absolute atomic E-state index is 13.1. The molecule has 4 rings (SSSR count). The summed E-state index contributed by atoms with van der Waals surface area (Å²) in [7, 11) is -3.53. The molecule has 1 atom stereocenters. The minimum atomic E-state index is -3.53. The van der Waals surface area contributed by atoms with E-state index in [0.717, 1.165) is 37.0 Å². The third-order valence-corrected chi connectivity index (χ3v) is 6.47. The average molecular weight is 333 g/mol. The van der Waals surface area contributed by atoms with Gasteiger partial charge in [0.25, 0.3) is 0 Å². The summed E-state index contributed by atoms with van der Waals surface area (Å²) >= 11 is 0. The number of nitrogens with zero attached hydrogens (tertiary/aromatic N) is 1. The molecule has 3 heterocycles. The molecule has 0 amide bonds. The topological polar surface area (TPSA) is 59.8 Å². The Kier molecular flexibility index (Phi) is 3.66. The molecule has 1 saturated heterocycles. The van der Waals surface area contributed by atoms with Gasteiger partial charge >= 0.3 is 0 Å². The Morgan fingerprint density at radius 1 is 1.17 bits per heavy atom. The molecule has 2 aliphatic heterocycles. The molecule has 2 aliphatic rings. The molecule has 6 heteroatoms. The second kappa shape index (κ2) is 5.69. The maximum Gasteiger partial charge on any atom is 0.243 e. The van der Waals surface area contributed by atoms with Crippen LogP contribution in [0.2, 0.25) is 0 Å². The molecular weight excluding hydrogens is 314 g/mol. The predicted octanol–water partition coefficient (Wildman–Crippen LogP) is 3.13. The van der Waals surface area contributed by atoms with Gasteiger partial charge in [0.2, 0.25) is 10.0 Å². The summed E-state index contributed by atoms with van der Waals surface area (Å²) in [4.78, 5) is 0.347. The van der Waals surface area contributed by atoms with E-state index >= 15 is 0 Å². The van der Waals surface area contributed by atoms with Gasteiger partial charge in [-0.2, -0.15) is 4.31 Å². The number of fused-ring (bicyclic) bond motifs is 1. The highest BCUT2D eigenvalue weighted by molar-refractivity contribution is 7.89. The summed E-state index contributed by atoms with van der Waals surface area (Å²) in [6, 6.07) is 8.63. The third-order valence-electron chi connectivity index (χ3n) is 4.56. The fourth-order valence-electron chi connectivity index (χ4n) is 3.43. The second-order valence-electron chi connectivity index (χ2n) is 6.01. The molecule has 122 valence electrons. The summed E-state index contributed by atoms with van der Waals surface area (Å²) < 4.78 is 38.7. The molecule has 1 fully saturated rings. The number of ether oxygens (including phenoxy) is 1. The number of hydrogen-bond acceptors (Lipinski definition) is 4. The lowest BCUT2D eigenvalue weighted by Gasteiger charge is -2.24. The lowest BCUT2D eigenvalue weighted by atomic mass is 10.1. The minimum absolute atomic E-state index is 0.206. The van der Waals surface area contributed by atoms with Crippen molar-refractivity contribution in [3.63, 3.8) is 0 Å². The molecule has 0 saturated carbocycles. The predicted molar refractivity (Wildman–Crippen MR) is 84.8 cm³/mol. The molecule has 1 unspecified atom stereocenters. The molecule has 2 aromatic rings. The van der Waals surface area contributed by atoms with E-state index in [0.29, 0.717) is 23.8 Å². The molecule has 1 aromatic carbocycles. The molecule has 5 nitrogen and oxygen atoms in total. The number of aryl methyl sites for hydroxylation is 1. The van der Waals surface area contributed by atoms with E-state index in [1.165, 1.54) is 0 Å². The molecule has 0 radical (unpaired) electrons. The zero-order valence-corrected chi connectivity index (χ0v) is 13.6. The normalized spacial score (nSPS) is 21.8. The molecule has 23 heavy (non-hydrogen) atoms. The Bertz CT molecular complexity index is 798. The van der Waals surface area contributed by atoms with Crippen LogP contribution >= 0.6 is 0 Å². The van der Waals surface area contributed by atoms with Crippen LogP contribution in [-0.2, 0) is 16.4 Å². The average Bonchev–Trinajstić information content (AvgIpc) is 3.25. The van der Waals surface area contributed by atoms with Crippen LogP contribution in [0.15, 0.2) is 45.9 Å². The number of benzene rings is 1. The monoisotopic (exact) mass is 333 g/mol. The third kappa shape index (κ3) is 2.56. The Balaban J connectivity index is 1.69. The lowest BCUT2D eigenvalue weighted by Crippen LogP contribution is -2.30. The summed E-state index contributed by atoms with van der Waals surface area (Å²) in [6.07, 6.45) is 5.02. The quantitative estimate of drug-likeness (QED) is 0.866. The van der Waals surface area contributed by atoms with E-state index in [1.807, 2.05) is 6.07 Å². The second-order valence-corrected chi connectivity index (χ2v) is 7.90. The van der Waals surface area contributed by atoms with Gasteiger partial charge in [0.05, 0.1) is 23.8 Å². The van der Waals surface area contributed by atoms with Gasteiger partial charge in [0.15, 0.2) is 0 Å². The molecule has 1 aromatic heterocycles. The van der Waals surface area contributed by atoms with E-state index in [-0.39, 0.29) is 6.04 Å². The summed E-state index contributed by atoms with van der Waals surface area (Å²) in [5.74, 6) is 1.52. The van der Waals surface area contributed by atoms with Gasteiger partial charge in [-0.1, -0.05) is 0 Å². The van der Waals surface area contributed by atoms with E-state index in [9.17, 15) is 8.42 Å². The number of furan rings is 1. The molecule has 0 aliphatic carbocycles. The van der Waals surface area contributed by atoms with Crippen molar-refractivity contribution in [2.75, 3.05) is 13.2 Å². The van der Waals surface area contributed by atoms with Gasteiger partial charge in [-0.15, -0.1) is 0 Å². The SMILES string of the molecule is O=S(=O)(c1ccc2c(c1)CCCO2)N1CCCC1c1ccco1. The van der Waals surface area contributed by atoms with E-state index in [2.05, 4.69) is 0 Å². The van der Waals surface area contributed by atoms with Gasteiger partial charge in [-0.25, -0.2) is 8.42 Å². The highest BCUT2D eigenvalue weighted by Crippen LogP contribution is 2.37. The standard InChI is InChI=1S/C17H19NO4S/c19-23(20,14-7-8-16-13(12-14)4-2-10-21-16)18-9-1-5-15(18)17-6-3-11-22-17/h3,6-8,11-12,15H,1-2,4-5,9-10H2. The van der Waals surface area contributed by atoms with Gasteiger partial charge in [0, 0.05) is 6.54 Å². The van der Waals surface area contributed by atoms with Crippen LogP contribution in [0.1, 0.15) is 36.6 Å². The number of rotatable bonds is 3. The van der Waals surface area contributed by atoms with Crippen molar-refractivity contribution < 1.29 is 17.6 Å². The molecular formula is C17H19NO4S. The maximum atomic E-state index is 13.1. The summed E-state index contributed by atoms with van der Waals surface area (Å²) in [6.45, 7) is 1.23. The van der Waals surface area contributed by atoms with Crippen LogP contribution in [0.5, 0.6) is 5.75 Å². The number of sulfonamides is 1. The van der Waals surface area contributed by atoms with Gasteiger partial charge in [0.1, 0.15) is 11.5 Å². The van der Waals surface area contributed by atoms with Crippen molar-refractivity contribution >= 4 is 10.0 Å². The molecule has 0 N–H and O–H groups in total. The van der Waals surface area contributed by atoms with E-state index in [1.54, 1.807) is 34.8 Å². The highest BCUT2D eigenvalue weighted by Gasteiger charge is 2.37. The summed E-state index contributed by atoms with van der Waals surface area (Å²) in [5.41, 5.74) is 0.978. The van der Waals surface area contributed by atoms with Crippen LogP contribution in [-0.4, -0.2) is 25.9 Å². The fourth-order valence-corrected chi connectivity index (χ4v) is 5.14. The Morgan fingerprint density at radius 3 is 2.91 bits per heavy atom. The first-order chi connectivity index (χ1) is 11.2. The summed E-state index contributed by atoms with van der Waals surface area (Å²) in [5, 5.41) is 0. The van der Waals surface area contributed by atoms with Crippen LogP contribution in [0.25, 0.3) is 0 Å². The van der Waals surface area contributed by atoms with Crippen LogP contribution in [0.4, 0.5) is 0 Å². The van der Waals surface area contributed by atoms with Crippen LogP contribution < -0.4 is 4.74 Å². The van der Waals surface area contributed by atoms with Gasteiger partial charge in [-0.05, 0) is 61.6 Å². The van der Waals surface area contributed by atoms with Crippen molar-refractivity contribution in [3.05, 3.63) is 47.9 Å². The lowest BCUT2D eigenvalue weighted by molar-refractivity contribution is 0.288. The van der Waals surface area contributed by atoms with Crippen molar-refractivity contribution in [1.29, 1.82) is 0 Å². The smallest absolute Gasteiger partial charge is 0.243 e. The van der Waals surface area contributed by atoms with Gasteiger partial charge in [-0.3, -0.25) is 0 Å². The van der Waals surface area contributed by atoms with Crippen molar-refractivity contribution in [3.8, 4) is 5.75 Å². The molecule has 0 spiro atoms. The van der Waals surface area contributed by atoms with Crippen molar-refractivity contribution in [1.82, 2.24) is 4.31 Å². The highest BCUT2D eigenvalue weighted by atomic mass is 32.2. The first kappa shape index (κ1) is 14.8. The Labute approximate surface area is 135 Å². The fraction of sp³-hybridized carbons (Fsp3) is 0.412. The Hall–Kier alpha value is -1.79. The van der Waals surface area contributed by atoms with E-state index < -0.39 is 10.0 Å². The number of hydrogen-bond donors (Lipinski definition) is 0. The van der Waals surface area contributed by atoms with Crippen LogP contribution in [0, 0.1) is 0 Å². The largest absolute Gasteiger partial charge is 0.493 e. The van der Waals surface area contributed by atoms with Crippen LogP contribution in [0.3, 0.4) is 0 Å². The van der Waals surface area contributed by atoms with Crippen molar-refractivity contribution in [2.45, 2.75) is 36.6 Å². The first-order valence-corrected chi connectivity index (χ1v) is 9.41. The minimum Gasteiger partial charge on any atom is -0.493 e. The first-order valence-electron chi connectivity index (χ1n) is 7.97. The van der Waals surface area contributed by atoms with E-state index in [4.69, 9.17) is 9.15 Å². The zero-order chi connectivity index (χ0) is 15.9.